The van der Waals surface area contributed by atoms with Crippen LogP contribution in [0.15, 0.2) is 18.3 Å². The van der Waals surface area contributed by atoms with Crippen LogP contribution < -0.4 is 10.1 Å². The molecule has 1 N–H and O–H groups in total. The van der Waals surface area contributed by atoms with E-state index in [1.54, 1.807) is 0 Å². The molecule has 0 spiro atoms. The van der Waals surface area contributed by atoms with Crippen LogP contribution in [0.3, 0.4) is 0 Å². The summed E-state index contributed by atoms with van der Waals surface area (Å²) in [5.41, 5.74) is 1.23. The summed E-state index contributed by atoms with van der Waals surface area (Å²) in [6.45, 7) is 2.14. The number of rotatable bonds is 4. The van der Waals surface area contributed by atoms with Crippen molar-refractivity contribution in [3.63, 3.8) is 0 Å². The molecule has 1 heterocycles. The first-order valence-corrected chi connectivity index (χ1v) is 6.59. The van der Waals surface area contributed by atoms with Gasteiger partial charge in [0.15, 0.2) is 0 Å². The van der Waals surface area contributed by atoms with E-state index < -0.39 is 0 Å². The Bertz CT molecular complexity index is 348. The Morgan fingerprint density at radius 2 is 2.12 bits per heavy atom. The third kappa shape index (κ3) is 3.43. The lowest BCUT2D eigenvalue weighted by Crippen LogP contribution is -2.20. The van der Waals surface area contributed by atoms with Gasteiger partial charge in [-0.25, -0.2) is 4.98 Å². The van der Waals surface area contributed by atoms with Gasteiger partial charge < -0.3 is 10.1 Å². The molecule has 1 aromatic heterocycles. The lowest BCUT2D eigenvalue weighted by molar-refractivity contribution is 0.148. The SMILES string of the molecule is CNC(C)c1ccnc(OC2CCCCC2)c1. The maximum Gasteiger partial charge on any atom is 0.213 e. The second-order valence-corrected chi connectivity index (χ2v) is 4.82. The predicted octanol–water partition coefficient (Wildman–Crippen LogP) is 3.07. The van der Waals surface area contributed by atoms with Crippen molar-refractivity contribution < 1.29 is 4.74 Å². The summed E-state index contributed by atoms with van der Waals surface area (Å²) in [5.74, 6) is 0.775. The van der Waals surface area contributed by atoms with Gasteiger partial charge in [-0.05, 0) is 51.3 Å². The van der Waals surface area contributed by atoms with Crippen molar-refractivity contribution in [3.8, 4) is 5.88 Å². The van der Waals surface area contributed by atoms with Gasteiger partial charge in [0, 0.05) is 18.3 Å². The molecule has 0 bridgehead atoms. The van der Waals surface area contributed by atoms with Crippen LogP contribution in [0, 0.1) is 0 Å². The molecule has 2 rings (SSSR count). The van der Waals surface area contributed by atoms with Gasteiger partial charge in [0.1, 0.15) is 6.10 Å². The second kappa shape index (κ2) is 6.01. The van der Waals surface area contributed by atoms with Crippen molar-refractivity contribution in [1.82, 2.24) is 10.3 Å². The molecule has 0 saturated heterocycles. The minimum absolute atomic E-state index is 0.340. The van der Waals surface area contributed by atoms with Crippen LogP contribution in [0.4, 0.5) is 0 Å². The second-order valence-electron chi connectivity index (χ2n) is 4.82. The molecule has 94 valence electrons. The number of hydrogen-bond acceptors (Lipinski definition) is 3. The fourth-order valence-electron chi connectivity index (χ4n) is 2.28. The van der Waals surface area contributed by atoms with Crippen molar-refractivity contribution >= 4 is 0 Å². The Morgan fingerprint density at radius 3 is 2.82 bits per heavy atom. The van der Waals surface area contributed by atoms with Gasteiger partial charge in [-0.1, -0.05) is 6.42 Å². The van der Waals surface area contributed by atoms with Gasteiger partial charge in [0.05, 0.1) is 0 Å². The third-order valence-electron chi connectivity index (χ3n) is 3.53. The average Bonchev–Trinajstić information content (AvgIpc) is 2.39. The largest absolute Gasteiger partial charge is 0.474 e. The van der Waals surface area contributed by atoms with Crippen LogP contribution in [0.2, 0.25) is 0 Å². The maximum atomic E-state index is 5.95. The van der Waals surface area contributed by atoms with Crippen LogP contribution in [-0.4, -0.2) is 18.1 Å². The van der Waals surface area contributed by atoms with E-state index in [2.05, 4.69) is 23.3 Å². The van der Waals surface area contributed by atoms with Crippen molar-refractivity contribution in [3.05, 3.63) is 23.9 Å². The van der Waals surface area contributed by atoms with Crippen LogP contribution in [-0.2, 0) is 0 Å². The lowest BCUT2D eigenvalue weighted by Gasteiger charge is -2.22. The number of pyridine rings is 1. The quantitative estimate of drug-likeness (QED) is 0.869. The number of nitrogens with zero attached hydrogens (tertiary/aromatic N) is 1. The van der Waals surface area contributed by atoms with E-state index in [0.717, 1.165) is 5.88 Å². The Morgan fingerprint density at radius 1 is 1.35 bits per heavy atom. The molecule has 0 aliphatic heterocycles. The molecule has 1 aliphatic rings. The molecule has 1 atom stereocenters. The lowest BCUT2D eigenvalue weighted by atomic mass is 9.98. The molecule has 1 aliphatic carbocycles. The van der Waals surface area contributed by atoms with Crippen LogP contribution in [0.5, 0.6) is 5.88 Å². The summed E-state index contributed by atoms with van der Waals surface area (Å²) in [5, 5.41) is 3.23. The molecular weight excluding hydrogens is 212 g/mol. The summed E-state index contributed by atoms with van der Waals surface area (Å²) in [7, 11) is 1.97. The number of nitrogens with one attached hydrogen (secondary N) is 1. The van der Waals surface area contributed by atoms with Crippen molar-refractivity contribution in [1.29, 1.82) is 0 Å². The van der Waals surface area contributed by atoms with Crippen molar-refractivity contribution in [2.75, 3.05) is 7.05 Å². The molecule has 0 amide bonds. The van der Waals surface area contributed by atoms with E-state index in [-0.39, 0.29) is 0 Å². The van der Waals surface area contributed by atoms with E-state index >= 15 is 0 Å². The Hall–Kier alpha value is -1.09. The van der Waals surface area contributed by atoms with Gasteiger partial charge in [-0.15, -0.1) is 0 Å². The smallest absolute Gasteiger partial charge is 0.213 e. The van der Waals surface area contributed by atoms with E-state index in [4.69, 9.17) is 4.74 Å². The first kappa shape index (κ1) is 12.4. The zero-order valence-electron chi connectivity index (χ0n) is 10.8. The summed E-state index contributed by atoms with van der Waals surface area (Å²) in [4.78, 5) is 4.30. The topological polar surface area (TPSA) is 34.2 Å². The minimum Gasteiger partial charge on any atom is -0.474 e. The van der Waals surface area contributed by atoms with E-state index in [9.17, 15) is 0 Å². The van der Waals surface area contributed by atoms with Crippen molar-refractivity contribution in [2.45, 2.75) is 51.2 Å². The van der Waals surface area contributed by atoms with Crippen molar-refractivity contribution in [2.24, 2.45) is 0 Å². The average molecular weight is 234 g/mol. The van der Waals surface area contributed by atoms with E-state index in [1.807, 2.05) is 19.3 Å². The standard InChI is InChI=1S/C14H22N2O/c1-11(15-2)12-8-9-16-14(10-12)17-13-6-4-3-5-7-13/h8-11,13,15H,3-7H2,1-2H3. The molecule has 0 radical (unpaired) electrons. The van der Waals surface area contributed by atoms with Crippen LogP contribution in [0.1, 0.15) is 50.6 Å². The fourth-order valence-corrected chi connectivity index (χ4v) is 2.28. The van der Waals surface area contributed by atoms with Gasteiger partial charge >= 0.3 is 0 Å². The third-order valence-corrected chi connectivity index (χ3v) is 3.53. The molecule has 3 heteroatoms. The molecular formula is C14H22N2O. The Kier molecular flexibility index (Phi) is 4.37. The van der Waals surface area contributed by atoms with Gasteiger partial charge in [-0.2, -0.15) is 0 Å². The first-order chi connectivity index (χ1) is 8.29. The maximum absolute atomic E-state index is 5.95. The summed E-state index contributed by atoms with van der Waals surface area (Å²) in [6, 6.07) is 4.43. The minimum atomic E-state index is 0.340. The number of hydrogen-bond donors (Lipinski definition) is 1. The number of aromatic nitrogens is 1. The molecule has 1 unspecified atom stereocenters. The van der Waals surface area contributed by atoms with Gasteiger partial charge in [-0.3, -0.25) is 0 Å². The molecule has 17 heavy (non-hydrogen) atoms. The summed E-state index contributed by atoms with van der Waals surface area (Å²) < 4.78 is 5.95. The van der Waals surface area contributed by atoms with Gasteiger partial charge in [0.2, 0.25) is 5.88 Å². The highest BCUT2D eigenvalue weighted by molar-refractivity contribution is 5.23. The fraction of sp³-hybridized carbons (Fsp3) is 0.643. The zero-order valence-corrected chi connectivity index (χ0v) is 10.8. The highest BCUT2D eigenvalue weighted by Gasteiger charge is 2.15. The molecule has 0 aromatic carbocycles. The van der Waals surface area contributed by atoms with Crippen LogP contribution in [0.25, 0.3) is 0 Å². The van der Waals surface area contributed by atoms with Crippen LogP contribution >= 0.6 is 0 Å². The molecule has 3 nitrogen and oxygen atoms in total. The molecule has 1 fully saturated rings. The molecule has 1 saturated carbocycles. The monoisotopic (exact) mass is 234 g/mol. The zero-order chi connectivity index (χ0) is 12.1. The Labute approximate surface area is 104 Å². The van der Waals surface area contributed by atoms with E-state index in [0.29, 0.717) is 12.1 Å². The molecule has 1 aromatic rings. The summed E-state index contributed by atoms with van der Waals surface area (Å²) >= 11 is 0. The predicted molar refractivity (Wildman–Crippen MR) is 69.2 cm³/mol. The van der Waals surface area contributed by atoms with E-state index in [1.165, 1.54) is 37.7 Å². The number of ether oxygens (including phenoxy) is 1. The highest BCUT2D eigenvalue weighted by Crippen LogP contribution is 2.23. The highest BCUT2D eigenvalue weighted by atomic mass is 16.5. The Balaban J connectivity index is 2.00. The summed E-state index contributed by atoms with van der Waals surface area (Å²) in [6.07, 6.45) is 8.48. The first-order valence-electron chi connectivity index (χ1n) is 6.59. The van der Waals surface area contributed by atoms with Gasteiger partial charge in [0.25, 0.3) is 0 Å². The normalized spacial score (nSPS) is 18.9.